The third kappa shape index (κ3) is 4.06. The lowest BCUT2D eigenvalue weighted by Gasteiger charge is -2.18. The Bertz CT molecular complexity index is 777. The number of carbonyl (C=O) groups is 2. The first-order chi connectivity index (χ1) is 11.6. The zero-order valence-corrected chi connectivity index (χ0v) is 13.7. The van der Waals surface area contributed by atoms with Crippen molar-refractivity contribution in [2.45, 2.75) is 12.8 Å². The molecule has 1 heterocycles. The lowest BCUT2D eigenvalue weighted by atomic mass is 10.1. The van der Waals surface area contributed by atoms with Gasteiger partial charge in [0.2, 0.25) is 5.91 Å². The number of ether oxygens (including phenoxy) is 1. The van der Waals surface area contributed by atoms with Crippen molar-refractivity contribution >= 4 is 29.1 Å². The molecule has 24 heavy (non-hydrogen) atoms. The highest BCUT2D eigenvalue weighted by Crippen LogP contribution is 2.28. The first kappa shape index (κ1) is 16.3. The summed E-state index contributed by atoms with van der Waals surface area (Å²) in [6, 6.07) is 12.9. The summed E-state index contributed by atoms with van der Waals surface area (Å²) < 4.78 is 5.32. The summed E-state index contributed by atoms with van der Waals surface area (Å²) in [4.78, 5) is 23.3. The molecule has 0 aromatic heterocycles. The van der Waals surface area contributed by atoms with Gasteiger partial charge in [-0.1, -0.05) is 35.9 Å². The average molecular weight is 345 g/mol. The molecule has 124 valence electrons. The second-order valence-corrected chi connectivity index (χ2v) is 5.94. The van der Waals surface area contributed by atoms with Gasteiger partial charge in [0, 0.05) is 11.6 Å². The molecule has 1 aliphatic heterocycles. The number of anilines is 1. The van der Waals surface area contributed by atoms with E-state index in [-0.39, 0.29) is 24.8 Å². The maximum atomic E-state index is 12.0. The van der Waals surface area contributed by atoms with Gasteiger partial charge < -0.3 is 15.4 Å². The molecule has 0 aliphatic carbocycles. The van der Waals surface area contributed by atoms with Crippen LogP contribution in [0.2, 0.25) is 5.02 Å². The summed E-state index contributed by atoms with van der Waals surface area (Å²) >= 11 is 6.05. The topological polar surface area (TPSA) is 67.4 Å². The first-order valence-electron chi connectivity index (χ1n) is 7.67. The molecule has 3 rings (SSSR count). The molecule has 5 nitrogen and oxygen atoms in total. The van der Waals surface area contributed by atoms with Crippen molar-refractivity contribution in [2.24, 2.45) is 0 Å². The predicted molar refractivity (Wildman–Crippen MR) is 92.4 cm³/mol. The van der Waals surface area contributed by atoms with Crippen LogP contribution in [0.25, 0.3) is 0 Å². The number of rotatable bonds is 5. The first-order valence-corrected chi connectivity index (χ1v) is 8.05. The Hall–Kier alpha value is -2.53. The molecule has 6 heteroatoms. The van der Waals surface area contributed by atoms with Crippen LogP contribution >= 0.6 is 11.6 Å². The predicted octanol–water partition coefficient (Wildman–Crippen LogP) is 2.57. The van der Waals surface area contributed by atoms with Gasteiger partial charge in [0.15, 0.2) is 6.61 Å². The van der Waals surface area contributed by atoms with Crippen LogP contribution in [-0.4, -0.2) is 25.0 Å². The maximum absolute atomic E-state index is 12.0. The van der Waals surface area contributed by atoms with Gasteiger partial charge in [0.25, 0.3) is 5.91 Å². The Morgan fingerprint density at radius 2 is 2.08 bits per heavy atom. The molecule has 0 spiro atoms. The fourth-order valence-electron chi connectivity index (χ4n) is 2.51. The minimum Gasteiger partial charge on any atom is -0.482 e. The third-order valence-electron chi connectivity index (χ3n) is 3.72. The molecule has 0 saturated carbocycles. The number of benzene rings is 2. The van der Waals surface area contributed by atoms with Gasteiger partial charge in [-0.05, 0) is 35.7 Å². The number of hydrogen-bond acceptors (Lipinski definition) is 3. The number of nitrogens with one attached hydrogen (secondary N) is 2. The van der Waals surface area contributed by atoms with Crippen LogP contribution in [0.15, 0.2) is 42.5 Å². The molecule has 2 aromatic carbocycles. The second kappa shape index (κ2) is 7.36. The molecule has 0 radical (unpaired) electrons. The number of amides is 2. The maximum Gasteiger partial charge on any atom is 0.262 e. The van der Waals surface area contributed by atoms with Crippen LogP contribution in [0.4, 0.5) is 5.69 Å². The minimum absolute atomic E-state index is 0.0461. The standard InChI is InChI=1S/C18H17ClN2O3/c19-14-4-2-1-3-13(14)10-17(22)20-8-7-12-5-6-16-15(9-12)21-18(23)11-24-16/h1-6,9H,7-8,10-11H2,(H,20,22)(H,21,23). The molecule has 1 aliphatic rings. The van der Waals surface area contributed by atoms with Crippen LogP contribution in [0.3, 0.4) is 0 Å². The zero-order valence-electron chi connectivity index (χ0n) is 13.0. The van der Waals surface area contributed by atoms with Crippen molar-refractivity contribution in [2.75, 3.05) is 18.5 Å². The van der Waals surface area contributed by atoms with Gasteiger partial charge >= 0.3 is 0 Å². The van der Waals surface area contributed by atoms with Crippen molar-refractivity contribution in [3.8, 4) is 5.75 Å². The monoisotopic (exact) mass is 344 g/mol. The fourth-order valence-corrected chi connectivity index (χ4v) is 2.71. The van der Waals surface area contributed by atoms with Gasteiger partial charge in [0.05, 0.1) is 12.1 Å². The van der Waals surface area contributed by atoms with E-state index in [2.05, 4.69) is 10.6 Å². The van der Waals surface area contributed by atoms with Crippen molar-refractivity contribution in [3.05, 3.63) is 58.6 Å². The summed E-state index contributed by atoms with van der Waals surface area (Å²) in [5.41, 5.74) is 2.49. The lowest BCUT2D eigenvalue weighted by Crippen LogP contribution is -2.27. The molecule has 0 fully saturated rings. The molecular weight excluding hydrogens is 328 g/mol. The van der Waals surface area contributed by atoms with E-state index in [1.54, 1.807) is 6.07 Å². The summed E-state index contributed by atoms with van der Waals surface area (Å²) in [5, 5.41) is 6.25. The molecule has 0 bridgehead atoms. The molecule has 0 unspecified atom stereocenters. The number of hydrogen-bond donors (Lipinski definition) is 2. The largest absolute Gasteiger partial charge is 0.482 e. The smallest absolute Gasteiger partial charge is 0.262 e. The van der Waals surface area contributed by atoms with E-state index in [0.29, 0.717) is 29.4 Å². The van der Waals surface area contributed by atoms with Crippen LogP contribution in [0, 0.1) is 0 Å². The Morgan fingerprint density at radius 1 is 1.25 bits per heavy atom. The average Bonchev–Trinajstić information content (AvgIpc) is 2.56. The molecular formula is C18H17ClN2O3. The fraction of sp³-hybridized carbons (Fsp3) is 0.222. The van der Waals surface area contributed by atoms with Crippen molar-refractivity contribution in [1.82, 2.24) is 5.32 Å². The number of halogens is 1. The van der Waals surface area contributed by atoms with E-state index >= 15 is 0 Å². The Labute approximate surface area is 145 Å². The van der Waals surface area contributed by atoms with Crippen LogP contribution < -0.4 is 15.4 Å². The molecule has 2 aromatic rings. The van der Waals surface area contributed by atoms with Crippen LogP contribution in [0.5, 0.6) is 5.75 Å². The number of fused-ring (bicyclic) bond motifs is 1. The van der Waals surface area contributed by atoms with Crippen molar-refractivity contribution in [1.29, 1.82) is 0 Å². The summed E-state index contributed by atoms with van der Waals surface area (Å²) in [6.45, 7) is 0.557. The highest BCUT2D eigenvalue weighted by atomic mass is 35.5. The zero-order chi connectivity index (χ0) is 16.9. The molecule has 2 amide bonds. The van der Waals surface area contributed by atoms with Crippen LogP contribution in [-0.2, 0) is 22.4 Å². The Balaban J connectivity index is 1.51. The number of carbonyl (C=O) groups excluding carboxylic acids is 2. The molecule has 2 N–H and O–H groups in total. The van der Waals surface area contributed by atoms with E-state index in [0.717, 1.165) is 11.1 Å². The minimum atomic E-state index is -0.160. The Morgan fingerprint density at radius 3 is 2.92 bits per heavy atom. The summed E-state index contributed by atoms with van der Waals surface area (Å²) in [6.07, 6.45) is 0.922. The van der Waals surface area contributed by atoms with Crippen molar-refractivity contribution in [3.63, 3.8) is 0 Å². The highest BCUT2D eigenvalue weighted by Gasteiger charge is 2.15. The third-order valence-corrected chi connectivity index (χ3v) is 4.09. The Kier molecular flexibility index (Phi) is 5.01. The van der Waals surface area contributed by atoms with Crippen molar-refractivity contribution < 1.29 is 14.3 Å². The van der Waals surface area contributed by atoms with Gasteiger partial charge in [-0.15, -0.1) is 0 Å². The highest BCUT2D eigenvalue weighted by molar-refractivity contribution is 6.31. The van der Waals surface area contributed by atoms with Gasteiger partial charge in [-0.3, -0.25) is 9.59 Å². The normalized spacial score (nSPS) is 12.8. The van der Waals surface area contributed by atoms with E-state index < -0.39 is 0 Å². The van der Waals surface area contributed by atoms with E-state index in [9.17, 15) is 9.59 Å². The second-order valence-electron chi connectivity index (χ2n) is 5.54. The lowest BCUT2D eigenvalue weighted by molar-refractivity contribution is -0.120. The van der Waals surface area contributed by atoms with Gasteiger partial charge in [-0.25, -0.2) is 0 Å². The quantitative estimate of drug-likeness (QED) is 0.876. The SMILES string of the molecule is O=C(Cc1ccccc1Cl)NCCc1ccc2c(c1)NC(=O)CO2. The molecule has 0 atom stereocenters. The summed E-state index contributed by atoms with van der Waals surface area (Å²) in [7, 11) is 0. The van der Waals surface area contributed by atoms with Gasteiger partial charge in [-0.2, -0.15) is 0 Å². The molecule has 0 saturated heterocycles. The summed E-state index contributed by atoms with van der Waals surface area (Å²) in [5.74, 6) is 0.437. The van der Waals surface area contributed by atoms with E-state index in [1.807, 2.05) is 36.4 Å². The van der Waals surface area contributed by atoms with Crippen LogP contribution in [0.1, 0.15) is 11.1 Å². The van der Waals surface area contributed by atoms with Gasteiger partial charge in [0.1, 0.15) is 5.75 Å². The van der Waals surface area contributed by atoms with E-state index in [4.69, 9.17) is 16.3 Å². The van der Waals surface area contributed by atoms with E-state index in [1.165, 1.54) is 0 Å².